The van der Waals surface area contributed by atoms with E-state index in [1.165, 1.54) is 4.88 Å². The van der Waals surface area contributed by atoms with Crippen LogP contribution in [-0.4, -0.2) is 18.8 Å². The van der Waals surface area contributed by atoms with E-state index in [1.54, 1.807) is 48.4 Å². The van der Waals surface area contributed by atoms with Crippen molar-refractivity contribution in [2.45, 2.75) is 11.7 Å². The molecular formula is C15H16N2O2S2. The van der Waals surface area contributed by atoms with Gasteiger partial charge in [0.05, 0.1) is 18.5 Å². The first kappa shape index (κ1) is 14.3. The lowest BCUT2D eigenvalue weighted by atomic mass is 10.1. The van der Waals surface area contributed by atoms with E-state index in [0.717, 1.165) is 17.7 Å². The lowest BCUT2D eigenvalue weighted by molar-refractivity contribution is -0.115. The fourth-order valence-corrected chi connectivity index (χ4v) is 4.63. The van der Waals surface area contributed by atoms with E-state index in [-0.39, 0.29) is 11.2 Å². The van der Waals surface area contributed by atoms with Gasteiger partial charge in [0.2, 0.25) is 5.91 Å². The molecule has 1 amide bonds. The molecule has 4 nitrogen and oxygen atoms in total. The van der Waals surface area contributed by atoms with Gasteiger partial charge < -0.3 is 15.8 Å². The molecule has 0 saturated heterocycles. The maximum atomic E-state index is 12.6. The molecule has 2 heterocycles. The SMILES string of the molecule is COc1ccc(N)c(NC(=O)C2SCCc3sccc32)c1. The Morgan fingerprint density at radius 1 is 1.43 bits per heavy atom. The molecule has 0 fully saturated rings. The van der Waals surface area contributed by atoms with Gasteiger partial charge in [-0.2, -0.15) is 0 Å². The summed E-state index contributed by atoms with van der Waals surface area (Å²) in [6.45, 7) is 0. The number of aryl methyl sites for hydroxylation is 1. The average Bonchev–Trinajstić information content (AvgIpc) is 2.97. The molecule has 3 rings (SSSR count). The fourth-order valence-electron chi connectivity index (χ4n) is 2.33. The Morgan fingerprint density at radius 3 is 3.10 bits per heavy atom. The Hall–Kier alpha value is -1.66. The summed E-state index contributed by atoms with van der Waals surface area (Å²) in [6.07, 6.45) is 1.04. The topological polar surface area (TPSA) is 64.3 Å². The van der Waals surface area contributed by atoms with Crippen molar-refractivity contribution in [2.24, 2.45) is 0 Å². The van der Waals surface area contributed by atoms with Crippen LogP contribution in [0.3, 0.4) is 0 Å². The molecule has 110 valence electrons. The lowest BCUT2D eigenvalue weighted by Gasteiger charge is -2.22. The van der Waals surface area contributed by atoms with Gasteiger partial charge >= 0.3 is 0 Å². The summed E-state index contributed by atoms with van der Waals surface area (Å²) in [5.74, 6) is 1.62. The zero-order valence-electron chi connectivity index (χ0n) is 11.6. The van der Waals surface area contributed by atoms with E-state index in [4.69, 9.17) is 10.5 Å². The minimum absolute atomic E-state index is 0.0284. The van der Waals surface area contributed by atoms with Gasteiger partial charge in [0.25, 0.3) is 0 Å². The number of anilines is 2. The second kappa shape index (κ2) is 5.99. The molecule has 0 radical (unpaired) electrons. The van der Waals surface area contributed by atoms with Crippen LogP contribution in [0.15, 0.2) is 29.6 Å². The van der Waals surface area contributed by atoms with E-state index in [2.05, 4.69) is 10.7 Å². The van der Waals surface area contributed by atoms with Gasteiger partial charge in [-0.3, -0.25) is 4.79 Å². The van der Waals surface area contributed by atoms with Gasteiger partial charge in [0.15, 0.2) is 0 Å². The maximum absolute atomic E-state index is 12.6. The predicted molar refractivity (Wildman–Crippen MR) is 89.3 cm³/mol. The third kappa shape index (κ3) is 2.87. The van der Waals surface area contributed by atoms with Crippen molar-refractivity contribution >= 4 is 40.4 Å². The summed E-state index contributed by atoms with van der Waals surface area (Å²) in [7, 11) is 1.59. The number of fused-ring (bicyclic) bond motifs is 1. The van der Waals surface area contributed by atoms with Crippen molar-refractivity contribution in [1.29, 1.82) is 0 Å². The predicted octanol–water partition coefficient (Wildman–Crippen LogP) is 3.31. The summed E-state index contributed by atoms with van der Waals surface area (Å²) in [5.41, 5.74) is 8.19. The molecule has 1 aliphatic heterocycles. The zero-order valence-corrected chi connectivity index (χ0v) is 13.2. The molecule has 1 aromatic heterocycles. The molecule has 0 spiro atoms. The third-order valence-corrected chi connectivity index (χ3v) is 5.67. The number of carbonyl (C=O) groups is 1. The van der Waals surface area contributed by atoms with Crippen LogP contribution in [0.5, 0.6) is 5.75 Å². The molecule has 1 aromatic carbocycles. The molecule has 1 atom stereocenters. The first-order chi connectivity index (χ1) is 10.2. The summed E-state index contributed by atoms with van der Waals surface area (Å²) >= 11 is 3.40. The van der Waals surface area contributed by atoms with Gasteiger partial charge in [-0.25, -0.2) is 0 Å². The van der Waals surface area contributed by atoms with E-state index >= 15 is 0 Å². The number of hydrogen-bond acceptors (Lipinski definition) is 5. The molecule has 6 heteroatoms. The largest absolute Gasteiger partial charge is 0.497 e. The van der Waals surface area contributed by atoms with E-state index in [0.29, 0.717) is 17.1 Å². The van der Waals surface area contributed by atoms with Crippen molar-refractivity contribution in [2.75, 3.05) is 23.9 Å². The first-order valence-corrected chi connectivity index (χ1v) is 8.54. The van der Waals surface area contributed by atoms with Gasteiger partial charge in [0.1, 0.15) is 11.0 Å². The van der Waals surface area contributed by atoms with Crippen LogP contribution >= 0.6 is 23.1 Å². The Bertz CT molecular complexity index is 669. The van der Waals surface area contributed by atoms with Gasteiger partial charge in [0, 0.05) is 10.9 Å². The fraction of sp³-hybridized carbons (Fsp3) is 0.267. The molecular weight excluding hydrogens is 304 g/mol. The number of methoxy groups -OCH3 is 1. The van der Waals surface area contributed by atoms with Crippen LogP contribution in [0.25, 0.3) is 0 Å². The molecule has 1 unspecified atom stereocenters. The van der Waals surface area contributed by atoms with Crippen LogP contribution in [-0.2, 0) is 11.2 Å². The highest BCUT2D eigenvalue weighted by atomic mass is 32.2. The van der Waals surface area contributed by atoms with Crippen molar-refractivity contribution in [3.05, 3.63) is 40.1 Å². The number of hydrogen-bond donors (Lipinski definition) is 2. The van der Waals surface area contributed by atoms with Crippen LogP contribution in [0.2, 0.25) is 0 Å². The van der Waals surface area contributed by atoms with Crippen molar-refractivity contribution in [3.63, 3.8) is 0 Å². The van der Waals surface area contributed by atoms with Crippen molar-refractivity contribution in [3.8, 4) is 5.75 Å². The van der Waals surface area contributed by atoms with Crippen LogP contribution < -0.4 is 15.8 Å². The second-order valence-electron chi connectivity index (χ2n) is 4.74. The highest BCUT2D eigenvalue weighted by Gasteiger charge is 2.28. The van der Waals surface area contributed by atoms with Crippen molar-refractivity contribution in [1.82, 2.24) is 0 Å². The van der Waals surface area contributed by atoms with Gasteiger partial charge in [-0.1, -0.05) is 0 Å². The Labute approximate surface area is 131 Å². The van der Waals surface area contributed by atoms with Crippen molar-refractivity contribution < 1.29 is 9.53 Å². The van der Waals surface area contributed by atoms with E-state index < -0.39 is 0 Å². The van der Waals surface area contributed by atoms with E-state index in [9.17, 15) is 4.79 Å². The normalized spacial score (nSPS) is 17.1. The molecule has 0 saturated carbocycles. The molecule has 3 N–H and O–H groups in total. The van der Waals surface area contributed by atoms with E-state index in [1.807, 2.05) is 6.07 Å². The number of nitrogen functional groups attached to an aromatic ring is 1. The number of thiophene rings is 1. The molecule has 0 bridgehead atoms. The van der Waals surface area contributed by atoms with Crippen LogP contribution in [0, 0.1) is 0 Å². The average molecular weight is 320 g/mol. The second-order valence-corrected chi connectivity index (χ2v) is 6.96. The summed E-state index contributed by atoms with van der Waals surface area (Å²) in [5, 5.41) is 4.82. The lowest BCUT2D eigenvalue weighted by Crippen LogP contribution is -2.22. The monoisotopic (exact) mass is 320 g/mol. The number of nitrogens with one attached hydrogen (secondary N) is 1. The van der Waals surface area contributed by atoms with Crippen LogP contribution in [0.1, 0.15) is 15.7 Å². The third-order valence-electron chi connectivity index (χ3n) is 3.43. The summed E-state index contributed by atoms with van der Waals surface area (Å²) in [4.78, 5) is 13.9. The van der Waals surface area contributed by atoms with Gasteiger partial charge in [-0.15, -0.1) is 23.1 Å². The first-order valence-electron chi connectivity index (χ1n) is 6.61. The number of nitrogens with two attached hydrogens (primary N) is 1. The minimum atomic E-state index is -0.161. The zero-order chi connectivity index (χ0) is 14.8. The number of rotatable bonds is 3. The molecule has 0 aliphatic carbocycles. The summed E-state index contributed by atoms with van der Waals surface area (Å²) in [6, 6.07) is 7.30. The quantitative estimate of drug-likeness (QED) is 0.852. The maximum Gasteiger partial charge on any atom is 0.242 e. The smallest absolute Gasteiger partial charge is 0.242 e. The Balaban J connectivity index is 1.82. The molecule has 2 aromatic rings. The van der Waals surface area contributed by atoms with Crippen LogP contribution in [0.4, 0.5) is 11.4 Å². The minimum Gasteiger partial charge on any atom is -0.497 e. The summed E-state index contributed by atoms with van der Waals surface area (Å²) < 4.78 is 5.17. The molecule has 21 heavy (non-hydrogen) atoms. The van der Waals surface area contributed by atoms with Gasteiger partial charge in [-0.05, 0) is 41.3 Å². The molecule has 1 aliphatic rings. The highest BCUT2D eigenvalue weighted by Crippen LogP contribution is 2.40. The number of ether oxygens (including phenoxy) is 1. The Morgan fingerprint density at radius 2 is 2.29 bits per heavy atom. The highest BCUT2D eigenvalue weighted by molar-refractivity contribution is 8.00. The number of benzene rings is 1. The standard InChI is InChI=1S/C15H16N2O2S2/c1-19-9-2-3-11(16)12(8-9)17-15(18)14-10-4-6-20-13(10)5-7-21-14/h2-4,6,8,14H,5,7,16H2,1H3,(H,17,18). The number of carbonyl (C=O) groups excluding carboxylic acids is 1. The Kier molecular flexibility index (Phi) is 4.07. The number of thioether (sulfide) groups is 1. The number of amides is 1.